The lowest BCUT2D eigenvalue weighted by atomic mass is 9.98. The minimum atomic E-state index is 0.873. The summed E-state index contributed by atoms with van der Waals surface area (Å²) in [6.07, 6.45) is 0. The zero-order valence-corrected chi connectivity index (χ0v) is 28.4. The Morgan fingerprint density at radius 2 is 0.846 bits per heavy atom. The normalized spacial score (nSPS) is 11.5. The molecule has 0 aliphatic carbocycles. The van der Waals surface area contributed by atoms with Crippen molar-refractivity contribution in [1.82, 2.24) is 0 Å². The first-order valence-corrected chi connectivity index (χ1v) is 17.8. The number of benzene rings is 9. The molecule has 0 saturated heterocycles. The second-order valence-corrected chi connectivity index (χ2v) is 13.4. The first-order valence-electron chi connectivity index (χ1n) is 17.8. The molecule has 0 bridgehead atoms. The van der Waals surface area contributed by atoms with E-state index >= 15 is 0 Å². The maximum atomic E-state index is 6.62. The van der Waals surface area contributed by atoms with Crippen LogP contribution in [-0.4, -0.2) is 0 Å². The Morgan fingerprint density at radius 1 is 0.327 bits per heavy atom. The highest BCUT2D eigenvalue weighted by Gasteiger charge is 2.20. The highest BCUT2D eigenvalue weighted by molar-refractivity contribution is 6.19. The SMILES string of the molecule is c1ccc(-c2ccc(N(c3ccc(-c4ccc(-c5ccc6ccccc6c5)cc4)cc3)c3cccc4oc5c6ccccc6ccc5c34)cc2)cc1. The molecule has 0 spiro atoms. The molecule has 1 heterocycles. The van der Waals surface area contributed by atoms with Crippen LogP contribution in [0.2, 0.25) is 0 Å². The maximum Gasteiger partial charge on any atom is 0.143 e. The van der Waals surface area contributed by atoms with Gasteiger partial charge >= 0.3 is 0 Å². The predicted octanol–water partition coefficient (Wildman–Crippen LogP) is 14.4. The van der Waals surface area contributed by atoms with Crippen LogP contribution in [0.15, 0.2) is 205 Å². The Bertz CT molecular complexity index is 2870. The molecule has 10 rings (SSSR count). The number of hydrogen-bond donors (Lipinski definition) is 0. The first kappa shape index (κ1) is 30.0. The molecule has 1 aromatic heterocycles. The zero-order chi connectivity index (χ0) is 34.4. The Labute approximate surface area is 302 Å². The summed E-state index contributed by atoms with van der Waals surface area (Å²) in [5.74, 6) is 0. The summed E-state index contributed by atoms with van der Waals surface area (Å²) in [5, 5.41) is 7.02. The minimum Gasteiger partial charge on any atom is -0.455 e. The third-order valence-electron chi connectivity index (χ3n) is 10.3. The van der Waals surface area contributed by atoms with E-state index in [1.54, 1.807) is 0 Å². The predicted molar refractivity (Wildman–Crippen MR) is 220 cm³/mol. The van der Waals surface area contributed by atoms with E-state index in [-0.39, 0.29) is 0 Å². The van der Waals surface area contributed by atoms with Crippen LogP contribution in [0.4, 0.5) is 17.1 Å². The van der Waals surface area contributed by atoms with Crippen molar-refractivity contribution in [1.29, 1.82) is 0 Å². The molecule has 2 heteroatoms. The monoisotopic (exact) mass is 663 g/mol. The molecule has 52 heavy (non-hydrogen) atoms. The van der Waals surface area contributed by atoms with Crippen LogP contribution < -0.4 is 4.90 Å². The Balaban J connectivity index is 1.06. The van der Waals surface area contributed by atoms with E-state index in [4.69, 9.17) is 4.42 Å². The second-order valence-electron chi connectivity index (χ2n) is 13.4. The van der Waals surface area contributed by atoms with Gasteiger partial charge in [0.1, 0.15) is 11.2 Å². The average molecular weight is 664 g/mol. The summed E-state index contributed by atoms with van der Waals surface area (Å²) in [7, 11) is 0. The molecule has 0 aliphatic rings. The fourth-order valence-corrected chi connectivity index (χ4v) is 7.61. The highest BCUT2D eigenvalue weighted by Crippen LogP contribution is 2.45. The molecule has 0 radical (unpaired) electrons. The molecule has 0 aliphatic heterocycles. The van der Waals surface area contributed by atoms with Gasteiger partial charge < -0.3 is 9.32 Å². The van der Waals surface area contributed by atoms with E-state index in [2.05, 4.69) is 205 Å². The lowest BCUT2D eigenvalue weighted by Gasteiger charge is -2.26. The third-order valence-corrected chi connectivity index (χ3v) is 10.3. The van der Waals surface area contributed by atoms with Gasteiger partial charge in [-0.2, -0.15) is 0 Å². The Morgan fingerprint density at radius 3 is 1.54 bits per heavy atom. The van der Waals surface area contributed by atoms with Gasteiger partial charge in [-0.05, 0) is 98.1 Å². The summed E-state index contributed by atoms with van der Waals surface area (Å²) in [6, 6.07) is 71.6. The topological polar surface area (TPSA) is 16.4 Å². The molecule has 0 atom stereocenters. The summed E-state index contributed by atoms with van der Waals surface area (Å²) in [4.78, 5) is 2.36. The van der Waals surface area contributed by atoms with Gasteiger partial charge in [-0.15, -0.1) is 0 Å². The first-order chi connectivity index (χ1) is 25.8. The van der Waals surface area contributed by atoms with E-state index < -0.39 is 0 Å². The maximum absolute atomic E-state index is 6.62. The summed E-state index contributed by atoms with van der Waals surface area (Å²) in [6.45, 7) is 0. The lowest BCUT2D eigenvalue weighted by molar-refractivity contribution is 0.672. The molecule has 244 valence electrons. The fourth-order valence-electron chi connectivity index (χ4n) is 7.61. The number of hydrogen-bond acceptors (Lipinski definition) is 2. The summed E-state index contributed by atoms with van der Waals surface area (Å²) < 4.78 is 6.62. The van der Waals surface area contributed by atoms with Gasteiger partial charge in [0.25, 0.3) is 0 Å². The van der Waals surface area contributed by atoms with E-state index in [0.29, 0.717) is 0 Å². The third kappa shape index (κ3) is 5.21. The molecular formula is C50H33NO. The van der Waals surface area contributed by atoms with Crippen LogP contribution in [0.5, 0.6) is 0 Å². The van der Waals surface area contributed by atoms with E-state index in [9.17, 15) is 0 Å². The van der Waals surface area contributed by atoms with Crippen molar-refractivity contribution in [3.63, 3.8) is 0 Å². The average Bonchev–Trinajstić information content (AvgIpc) is 3.62. The van der Waals surface area contributed by atoms with Crippen molar-refractivity contribution in [2.75, 3.05) is 4.90 Å². The van der Waals surface area contributed by atoms with Crippen LogP contribution >= 0.6 is 0 Å². The van der Waals surface area contributed by atoms with Gasteiger partial charge in [-0.25, -0.2) is 0 Å². The fraction of sp³-hybridized carbons (Fsp3) is 0. The quantitative estimate of drug-likeness (QED) is 0.176. The zero-order valence-electron chi connectivity index (χ0n) is 28.4. The number of fused-ring (bicyclic) bond motifs is 6. The number of nitrogens with zero attached hydrogens (tertiary/aromatic N) is 1. The van der Waals surface area contributed by atoms with Crippen molar-refractivity contribution in [3.05, 3.63) is 200 Å². The smallest absolute Gasteiger partial charge is 0.143 e. The largest absolute Gasteiger partial charge is 0.455 e. The van der Waals surface area contributed by atoms with Crippen molar-refractivity contribution in [3.8, 4) is 33.4 Å². The van der Waals surface area contributed by atoms with Crippen molar-refractivity contribution < 1.29 is 4.42 Å². The van der Waals surface area contributed by atoms with Gasteiger partial charge in [0.05, 0.1) is 11.1 Å². The summed E-state index contributed by atoms with van der Waals surface area (Å²) in [5.41, 5.74) is 12.2. The molecule has 0 unspecified atom stereocenters. The van der Waals surface area contributed by atoms with Crippen LogP contribution in [0.3, 0.4) is 0 Å². The number of rotatable bonds is 6. The van der Waals surface area contributed by atoms with E-state index in [1.165, 1.54) is 49.5 Å². The standard InChI is InChI=1S/C50H33NO/c1-2-9-34(10-3-1)37-23-28-43(29-24-37)51(47-15-8-16-48-49(47)46-32-27-40-12-6-7-14-45(40)50(46)52-48)44-30-25-38(26-31-44)36-17-19-39(20-18-36)42-22-21-35-11-4-5-13-41(35)33-42/h1-33H. The van der Waals surface area contributed by atoms with Gasteiger partial charge in [0.15, 0.2) is 0 Å². The second kappa shape index (κ2) is 12.5. The van der Waals surface area contributed by atoms with Crippen molar-refractivity contribution in [2.45, 2.75) is 0 Å². The Hall–Kier alpha value is -6.90. The Kier molecular flexibility index (Phi) is 7.18. The van der Waals surface area contributed by atoms with Crippen LogP contribution in [0, 0.1) is 0 Å². The molecular weight excluding hydrogens is 631 g/mol. The van der Waals surface area contributed by atoms with Crippen molar-refractivity contribution in [2.24, 2.45) is 0 Å². The van der Waals surface area contributed by atoms with E-state index in [0.717, 1.165) is 44.4 Å². The van der Waals surface area contributed by atoms with Crippen LogP contribution in [-0.2, 0) is 0 Å². The molecule has 10 aromatic rings. The highest BCUT2D eigenvalue weighted by atomic mass is 16.3. The minimum absolute atomic E-state index is 0.873. The van der Waals surface area contributed by atoms with Crippen LogP contribution in [0.25, 0.3) is 76.9 Å². The van der Waals surface area contributed by atoms with Crippen molar-refractivity contribution >= 4 is 60.5 Å². The van der Waals surface area contributed by atoms with Gasteiger partial charge in [-0.1, -0.05) is 152 Å². The van der Waals surface area contributed by atoms with Crippen LogP contribution in [0.1, 0.15) is 0 Å². The molecule has 2 nitrogen and oxygen atoms in total. The molecule has 9 aromatic carbocycles. The number of furan rings is 1. The molecule has 0 saturated carbocycles. The molecule has 0 amide bonds. The summed E-state index contributed by atoms with van der Waals surface area (Å²) >= 11 is 0. The van der Waals surface area contributed by atoms with Gasteiger partial charge in [0, 0.05) is 22.1 Å². The lowest BCUT2D eigenvalue weighted by Crippen LogP contribution is -2.10. The molecule has 0 fully saturated rings. The molecule has 0 N–H and O–H groups in total. The van der Waals surface area contributed by atoms with Gasteiger partial charge in [0.2, 0.25) is 0 Å². The van der Waals surface area contributed by atoms with Gasteiger partial charge in [-0.3, -0.25) is 0 Å². The number of anilines is 3. The van der Waals surface area contributed by atoms with E-state index in [1.807, 2.05) is 0 Å².